The van der Waals surface area contributed by atoms with E-state index in [1.807, 2.05) is 0 Å². The molecular formula is C27H22ClN3O5. The SMILES string of the molecule is CC1=NN(c2ccc(C(=O)O)cc2)C(=O)/C1=C/c1ccc(-c2ccc(Cl)c(C(=O)NCC3CC3)c2)o1. The number of carboxylic acid groups (broad SMARTS) is 1. The highest BCUT2D eigenvalue weighted by molar-refractivity contribution is 6.34. The molecule has 1 aliphatic carbocycles. The predicted octanol–water partition coefficient (Wildman–Crippen LogP) is 5.24. The van der Waals surface area contributed by atoms with E-state index in [1.165, 1.54) is 29.3 Å². The van der Waals surface area contributed by atoms with Crippen molar-refractivity contribution < 1.29 is 23.9 Å². The largest absolute Gasteiger partial charge is 0.478 e. The second-order valence-corrected chi connectivity index (χ2v) is 9.17. The van der Waals surface area contributed by atoms with Gasteiger partial charge >= 0.3 is 5.97 Å². The summed E-state index contributed by atoms with van der Waals surface area (Å²) in [7, 11) is 0. The Morgan fingerprint density at radius 2 is 1.92 bits per heavy atom. The molecule has 182 valence electrons. The van der Waals surface area contributed by atoms with Crippen LogP contribution in [0.5, 0.6) is 0 Å². The van der Waals surface area contributed by atoms with Crippen molar-refractivity contribution in [3.05, 3.63) is 82.1 Å². The van der Waals surface area contributed by atoms with Crippen LogP contribution < -0.4 is 10.3 Å². The van der Waals surface area contributed by atoms with Crippen LogP contribution in [-0.4, -0.2) is 35.1 Å². The average Bonchev–Trinajstić information content (AvgIpc) is 3.52. The van der Waals surface area contributed by atoms with Gasteiger partial charge in [-0.15, -0.1) is 0 Å². The van der Waals surface area contributed by atoms with Crippen molar-refractivity contribution >= 4 is 46.9 Å². The van der Waals surface area contributed by atoms with Gasteiger partial charge in [0.15, 0.2) is 0 Å². The number of aromatic carboxylic acids is 1. The molecule has 0 unspecified atom stereocenters. The number of nitrogens with zero attached hydrogens (tertiary/aromatic N) is 2. The number of halogens is 1. The Labute approximate surface area is 211 Å². The molecule has 8 nitrogen and oxygen atoms in total. The molecule has 0 spiro atoms. The van der Waals surface area contributed by atoms with Gasteiger partial charge in [-0.05, 0) is 86.4 Å². The first-order chi connectivity index (χ1) is 17.3. The van der Waals surface area contributed by atoms with Gasteiger partial charge < -0.3 is 14.8 Å². The molecule has 2 aromatic carbocycles. The smallest absolute Gasteiger partial charge is 0.335 e. The van der Waals surface area contributed by atoms with Crippen molar-refractivity contribution in [3.63, 3.8) is 0 Å². The molecule has 1 saturated carbocycles. The highest BCUT2D eigenvalue weighted by Crippen LogP contribution is 2.31. The van der Waals surface area contributed by atoms with Crippen LogP contribution in [0, 0.1) is 5.92 Å². The van der Waals surface area contributed by atoms with Gasteiger partial charge in [-0.1, -0.05) is 11.6 Å². The summed E-state index contributed by atoms with van der Waals surface area (Å²) in [6.45, 7) is 2.36. The van der Waals surface area contributed by atoms with Crippen LogP contribution in [0.1, 0.15) is 46.2 Å². The van der Waals surface area contributed by atoms with Gasteiger partial charge in [0.25, 0.3) is 11.8 Å². The third-order valence-corrected chi connectivity index (χ3v) is 6.41. The molecule has 0 radical (unpaired) electrons. The molecule has 1 fully saturated rings. The molecule has 2 N–H and O–H groups in total. The Hall–Kier alpha value is -4.17. The van der Waals surface area contributed by atoms with Gasteiger partial charge in [-0.3, -0.25) is 9.59 Å². The van der Waals surface area contributed by atoms with Gasteiger partial charge in [0.2, 0.25) is 0 Å². The van der Waals surface area contributed by atoms with Crippen LogP contribution in [0.15, 0.2) is 69.7 Å². The minimum Gasteiger partial charge on any atom is -0.478 e. The van der Waals surface area contributed by atoms with Gasteiger partial charge in [-0.25, -0.2) is 4.79 Å². The Morgan fingerprint density at radius 1 is 1.17 bits per heavy atom. The number of furan rings is 1. The lowest BCUT2D eigenvalue weighted by Gasteiger charge is -2.11. The highest BCUT2D eigenvalue weighted by Gasteiger charge is 2.29. The fourth-order valence-electron chi connectivity index (χ4n) is 3.84. The van der Waals surface area contributed by atoms with E-state index >= 15 is 0 Å². The molecule has 36 heavy (non-hydrogen) atoms. The van der Waals surface area contributed by atoms with E-state index in [0.717, 1.165) is 12.8 Å². The fourth-order valence-corrected chi connectivity index (χ4v) is 4.04. The zero-order valence-corrected chi connectivity index (χ0v) is 20.1. The van der Waals surface area contributed by atoms with E-state index in [1.54, 1.807) is 43.3 Å². The number of anilines is 1. The standard InChI is InChI=1S/C27H22ClN3O5/c1-15-21(26(33)31(30-15)19-7-4-17(5-8-19)27(34)35)13-20-9-11-24(36-20)18-6-10-23(28)22(12-18)25(32)29-14-16-2-3-16/h4-13,16H,2-3,14H2,1H3,(H,29,32)(H,34,35)/b21-13+. The summed E-state index contributed by atoms with van der Waals surface area (Å²) in [6, 6.07) is 14.5. The first-order valence-electron chi connectivity index (χ1n) is 11.4. The summed E-state index contributed by atoms with van der Waals surface area (Å²) >= 11 is 6.26. The molecule has 0 bridgehead atoms. The summed E-state index contributed by atoms with van der Waals surface area (Å²) in [4.78, 5) is 36.7. The Morgan fingerprint density at radius 3 is 2.61 bits per heavy atom. The number of carbonyl (C=O) groups excluding carboxylic acids is 2. The van der Waals surface area contributed by atoms with E-state index in [2.05, 4.69) is 10.4 Å². The number of amides is 2. The molecule has 0 saturated heterocycles. The van der Waals surface area contributed by atoms with E-state index in [9.17, 15) is 14.4 Å². The maximum atomic E-state index is 13.0. The number of carboxylic acids is 1. The van der Waals surface area contributed by atoms with Crippen molar-refractivity contribution in [2.24, 2.45) is 11.0 Å². The summed E-state index contributed by atoms with van der Waals surface area (Å²) < 4.78 is 5.95. The number of benzene rings is 2. The molecule has 2 amide bonds. The van der Waals surface area contributed by atoms with Crippen LogP contribution in [0.4, 0.5) is 5.69 Å². The van der Waals surface area contributed by atoms with Gasteiger partial charge in [-0.2, -0.15) is 10.1 Å². The Balaban J connectivity index is 1.35. The van der Waals surface area contributed by atoms with E-state index < -0.39 is 5.97 Å². The summed E-state index contributed by atoms with van der Waals surface area (Å²) in [5.41, 5.74) is 2.50. The van der Waals surface area contributed by atoms with Crippen molar-refractivity contribution in [1.82, 2.24) is 5.32 Å². The van der Waals surface area contributed by atoms with Crippen LogP contribution in [0.3, 0.4) is 0 Å². The molecule has 1 aromatic heterocycles. The lowest BCUT2D eigenvalue weighted by molar-refractivity contribution is -0.114. The minimum absolute atomic E-state index is 0.121. The summed E-state index contributed by atoms with van der Waals surface area (Å²) in [6.07, 6.45) is 3.88. The first-order valence-corrected chi connectivity index (χ1v) is 11.8. The lowest BCUT2D eigenvalue weighted by atomic mass is 10.1. The zero-order valence-electron chi connectivity index (χ0n) is 19.3. The first kappa shape index (κ1) is 23.6. The van der Waals surface area contributed by atoms with Crippen LogP contribution in [-0.2, 0) is 4.79 Å². The third-order valence-electron chi connectivity index (χ3n) is 6.08. The topological polar surface area (TPSA) is 112 Å². The molecule has 3 aromatic rings. The number of nitrogens with one attached hydrogen (secondary N) is 1. The highest BCUT2D eigenvalue weighted by atomic mass is 35.5. The molecule has 2 aliphatic rings. The second kappa shape index (κ2) is 9.47. The van der Waals surface area contributed by atoms with Gasteiger partial charge in [0.1, 0.15) is 11.5 Å². The number of hydrazone groups is 1. The monoisotopic (exact) mass is 503 g/mol. The lowest BCUT2D eigenvalue weighted by Crippen LogP contribution is -2.25. The van der Waals surface area contributed by atoms with Crippen LogP contribution in [0.25, 0.3) is 17.4 Å². The van der Waals surface area contributed by atoms with Crippen molar-refractivity contribution in [2.75, 3.05) is 11.6 Å². The van der Waals surface area contributed by atoms with Gasteiger partial charge in [0.05, 0.1) is 33.1 Å². The predicted molar refractivity (Wildman–Crippen MR) is 136 cm³/mol. The summed E-state index contributed by atoms with van der Waals surface area (Å²) in [5, 5.41) is 17.9. The fraction of sp³-hybridized carbons (Fsp3) is 0.185. The minimum atomic E-state index is -1.05. The maximum Gasteiger partial charge on any atom is 0.335 e. The molecule has 2 heterocycles. The number of hydrogen-bond acceptors (Lipinski definition) is 5. The average molecular weight is 504 g/mol. The van der Waals surface area contributed by atoms with E-state index in [0.29, 0.717) is 57.1 Å². The second-order valence-electron chi connectivity index (χ2n) is 8.76. The molecular weight excluding hydrogens is 482 g/mol. The van der Waals surface area contributed by atoms with Crippen molar-refractivity contribution in [3.8, 4) is 11.3 Å². The van der Waals surface area contributed by atoms with Gasteiger partial charge in [0, 0.05) is 12.1 Å². The molecule has 5 rings (SSSR count). The molecule has 0 atom stereocenters. The number of hydrogen-bond donors (Lipinski definition) is 2. The van der Waals surface area contributed by atoms with E-state index in [-0.39, 0.29) is 17.4 Å². The number of carbonyl (C=O) groups is 3. The maximum absolute atomic E-state index is 13.0. The summed E-state index contributed by atoms with van der Waals surface area (Å²) in [5.74, 6) is -0.0921. The normalized spacial score (nSPS) is 16.4. The zero-order chi connectivity index (χ0) is 25.4. The van der Waals surface area contributed by atoms with Crippen LogP contribution >= 0.6 is 11.6 Å². The Kier molecular flexibility index (Phi) is 6.20. The quantitative estimate of drug-likeness (QED) is 0.428. The van der Waals surface area contributed by atoms with Crippen molar-refractivity contribution in [1.29, 1.82) is 0 Å². The van der Waals surface area contributed by atoms with Crippen LogP contribution in [0.2, 0.25) is 5.02 Å². The third kappa shape index (κ3) is 4.81. The van der Waals surface area contributed by atoms with Crippen molar-refractivity contribution in [2.45, 2.75) is 19.8 Å². The number of rotatable bonds is 7. The molecule has 9 heteroatoms. The van der Waals surface area contributed by atoms with E-state index in [4.69, 9.17) is 21.1 Å². The Bertz CT molecular complexity index is 1430. The molecule has 1 aliphatic heterocycles.